The van der Waals surface area contributed by atoms with Crippen LogP contribution in [0.2, 0.25) is 0 Å². The van der Waals surface area contributed by atoms with Crippen molar-refractivity contribution < 1.29 is 17.6 Å². The number of carbonyl (C=O) groups is 1. The zero-order valence-electron chi connectivity index (χ0n) is 16.3. The lowest BCUT2D eigenvalue weighted by molar-refractivity contribution is -0.116. The molecule has 4 rings (SSSR count). The molecule has 0 fully saturated rings. The zero-order chi connectivity index (χ0) is 20.8. The minimum absolute atomic E-state index is 0.0179. The molecule has 0 spiro atoms. The van der Waals surface area contributed by atoms with Gasteiger partial charge in [0.25, 0.3) is 0 Å². The van der Waals surface area contributed by atoms with E-state index < -0.39 is 10.0 Å². The SMILES string of the molecule is CC(=O)N1c2ccc(S(=O)(=O)NCc3ccc(-c4csc(C)n4)o3)cc2C[C@H]1C. The maximum absolute atomic E-state index is 12.7. The second-order valence-electron chi connectivity index (χ2n) is 7.07. The van der Waals surface area contributed by atoms with E-state index in [9.17, 15) is 13.2 Å². The number of carbonyl (C=O) groups excluding carboxylic acids is 1. The number of anilines is 1. The highest BCUT2D eigenvalue weighted by atomic mass is 32.2. The number of aromatic nitrogens is 1. The normalized spacial score (nSPS) is 16.2. The molecular weight excluding hydrogens is 410 g/mol. The fourth-order valence-electron chi connectivity index (χ4n) is 3.59. The molecule has 152 valence electrons. The number of hydrogen-bond acceptors (Lipinski definition) is 6. The Morgan fingerprint density at radius 3 is 2.83 bits per heavy atom. The van der Waals surface area contributed by atoms with Crippen LogP contribution in [-0.2, 0) is 27.8 Å². The van der Waals surface area contributed by atoms with Gasteiger partial charge in [0.05, 0.1) is 16.4 Å². The topological polar surface area (TPSA) is 92.5 Å². The molecule has 1 aromatic carbocycles. The fourth-order valence-corrected chi connectivity index (χ4v) is 5.24. The molecule has 29 heavy (non-hydrogen) atoms. The van der Waals surface area contributed by atoms with Gasteiger partial charge in [-0.25, -0.2) is 18.1 Å². The van der Waals surface area contributed by atoms with Gasteiger partial charge in [-0.2, -0.15) is 0 Å². The fraction of sp³-hybridized carbons (Fsp3) is 0.300. The van der Waals surface area contributed by atoms with E-state index in [0.29, 0.717) is 17.9 Å². The number of nitrogens with zero attached hydrogens (tertiary/aromatic N) is 2. The number of benzene rings is 1. The van der Waals surface area contributed by atoms with Gasteiger partial charge in [0.15, 0.2) is 5.76 Å². The molecule has 0 saturated heterocycles. The maximum Gasteiger partial charge on any atom is 0.240 e. The van der Waals surface area contributed by atoms with Crippen LogP contribution in [0.3, 0.4) is 0 Å². The van der Waals surface area contributed by atoms with E-state index in [2.05, 4.69) is 9.71 Å². The van der Waals surface area contributed by atoms with Crippen LogP contribution in [0.5, 0.6) is 0 Å². The first-order valence-corrected chi connectivity index (χ1v) is 11.5. The molecule has 0 aliphatic carbocycles. The Balaban J connectivity index is 1.50. The summed E-state index contributed by atoms with van der Waals surface area (Å²) in [5, 5.41) is 2.84. The van der Waals surface area contributed by atoms with Crippen molar-refractivity contribution in [3.8, 4) is 11.5 Å². The summed E-state index contributed by atoms with van der Waals surface area (Å²) in [6.07, 6.45) is 0.632. The Kier molecular flexibility index (Phi) is 5.05. The van der Waals surface area contributed by atoms with Crippen molar-refractivity contribution in [3.63, 3.8) is 0 Å². The molecule has 1 N–H and O–H groups in total. The third kappa shape index (κ3) is 3.85. The van der Waals surface area contributed by atoms with Crippen molar-refractivity contribution in [1.82, 2.24) is 9.71 Å². The molecule has 3 heterocycles. The maximum atomic E-state index is 12.7. The van der Waals surface area contributed by atoms with E-state index in [1.807, 2.05) is 19.2 Å². The van der Waals surface area contributed by atoms with Crippen molar-refractivity contribution in [3.05, 3.63) is 52.0 Å². The predicted molar refractivity (Wildman–Crippen MR) is 111 cm³/mol. The Morgan fingerprint density at radius 1 is 1.34 bits per heavy atom. The number of sulfonamides is 1. The molecule has 2 aromatic heterocycles. The molecule has 1 aliphatic heterocycles. The van der Waals surface area contributed by atoms with Gasteiger partial charge >= 0.3 is 0 Å². The predicted octanol–water partition coefficient (Wildman–Crippen LogP) is 3.49. The molecule has 0 bridgehead atoms. The van der Waals surface area contributed by atoms with E-state index in [1.54, 1.807) is 29.2 Å². The summed E-state index contributed by atoms with van der Waals surface area (Å²) in [5.41, 5.74) is 2.37. The van der Waals surface area contributed by atoms with Gasteiger partial charge in [-0.05, 0) is 56.2 Å². The molecular formula is C20H21N3O4S2. The van der Waals surface area contributed by atoms with Gasteiger partial charge in [0.2, 0.25) is 15.9 Å². The number of fused-ring (bicyclic) bond motifs is 1. The summed E-state index contributed by atoms with van der Waals surface area (Å²) in [7, 11) is -3.71. The molecule has 1 aliphatic rings. The van der Waals surface area contributed by atoms with Crippen molar-refractivity contribution in [2.45, 2.75) is 44.7 Å². The van der Waals surface area contributed by atoms with Gasteiger partial charge < -0.3 is 9.32 Å². The number of aryl methyl sites for hydroxylation is 1. The largest absolute Gasteiger partial charge is 0.458 e. The number of rotatable bonds is 5. The lowest BCUT2D eigenvalue weighted by Crippen LogP contribution is -2.33. The Morgan fingerprint density at radius 2 is 2.14 bits per heavy atom. The first kappa shape index (κ1) is 19.8. The highest BCUT2D eigenvalue weighted by Crippen LogP contribution is 2.34. The first-order valence-electron chi connectivity index (χ1n) is 9.18. The Hall–Kier alpha value is -2.49. The summed E-state index contributed by atoms with van der Waals surface area (Å²) in [6, 6.07) is 8.41. The van der Waals surface area contributed by atoms with E-state index in [1.165, 1.54) is 24.3 Å². The monoisotopic (exact) mass is 431 g/mol. The van der Waals surface area contributed by atoms with Crippen LogP contribution in [0.1, 0.15) is 30.2 Å². The minimum atomic E-state index is -3.71. The molecule has 1 amide bonds. The summed E-state index contributed by atoms with van der Waals surface area (Å²) >= 11 is 1.53. The van der Waals surface area contributed by atoms with Gasteiger partial charge in [-0.15, -0.1) is 11.3 Å². The van der Waals surface area contributed by atoms with E-state index in [0.717, 1.165) is 22.0 Å². The summed E-state index contributed by atoms with van der Waals surface area (Å²) in [6.45, 7) is 5.42. The molecule has 0 unspecified atom stereocenters. The second kappa shape index (κ2) is 7.40. The van der Waals surface area contributed by atoms with Crippen molar-refractivity contribution in [1.29, 1.82) is 0 Å². The molecule has 9 heteroatoms. The number of thiazole rings is 1. The quantitative estimate of drug-likeness (QED) is 0.668. The number of nitrogens with one attached hydrogen (secondary N) is 1. The van der Waals surface area contributed by atoms with Crippen LogP contribution in [-0.4, -0.2) is 25.4 Å². The standard InChI is InChI=1S/C20H21N3O4S2/c1-12-8-15-9-17(5-6-19(15)23(12)14(3)24)29(25,26)21-10-16-4-7-20(27-16)18-11-28-13(2)22-18/h4-7,9,11-12,21H,8,10H2,1-3H3/t12-/m1/s1. The first-order chi connectivity index (χ1) is 13.7. The number of furan rings is 1. The van der Waals surface area contributed by atoms with Crippen LogP contribution in [0.25, 0.3) is 11.5 Å². The molecule has 3 aromatic rings. The molecule has 1 atom stereocenters. The van der Waals surface area contributed by atoms with E-state index >= 15 is 0 Å². The van der Waals surface area contributed by atoms with Gasteiger partial charge in [0.1, 0.15) is 11.5 Å². The highest BCUT2D eigenvalue weighted by Gasteiger charge is 2.30. The third-order valence-electron chi connectivity index (χ3n) is 4.89. The van der Waals surface area contributed by atoms with Crippen molar-refractivity contribution in [2.24, 2.45) is 0 Å². The minimum Gasteiger partial charge on any atom is -0.458 e. The second-order valence-corrected chi connectivity index (χ2v) is 9.90. The van der Waals surface area contributed by atoms with Crippen LogP contribution in [0.15, 0.2) is 45.0 Å². The van der Waals surface area contributed by atoms with Crippen LogP contribution < -0.4 is 9.62 Å². The van der Waals surface area contributed by atoms with Crippen LogP contribution in [0.4, 0.5) is 5.69 Å². The number of amides is 1. The Bertz CT molecular complexity index is 1180. The molecule has 0 radical (unpaired) electrons. The van der Waals surface area contributed by atoms with Crippen LogP contribution in [0, 0.1) is 6.92 Å². The van der Waals surface area contributed by atoms with E-state index in [4.69, 9.17) is 4.42 Å². The van der Waals surface area contributed by atoms with Crippen LogP contribution >= 0.6 is 11.3 Å². The van der Waals surface area contributed by atoms with Gasteiger partial charge in [0, 0.05) is 24.0 Å². The zero-order valence-corrected chi connectivity index (χ0v) is 17.9. The van der Waals surface area contributed by atoms with Crippen molar-refractivity contribution >= 4 is 33.0 Å². The number of hydrogen-bond donors (Lipinski definition) is 1. The average Bonchev–Trinajstić information content (AvgIpc) is 3.36. The Labute approximate surface area is 173 Å². The molecule has 7 nitrogen and oxygen atoms in total. The summed E-state index contributed by atoms with van der Waals surface area (Å²) < 4.78 is 33.8. The highest BCUT2D eigenvalue weighted by molar-refractivity contribution is 7.89. The average molecular weight is 432 g/mol. The van der Waals surface area contributed by atoms with Gasteiger partial charge in [-0.3, -0.25) is 4.79 Å². The van der Waals surface area contributed by atoms with Gasteiger partial charge in [-0.1, -0.05) is 0 Å². The molecule has 0 saturated carbocycles. The lowest BCUT2D eigenvalue weighted by atomic mass is 10.1. The van der Waals surface area contributed by atoms with Crippen molar-refractivity contribution in [2.75, 3.05) is 4.90 Å². The summed E-state index contributed by atoms with van der Waals surface area (Å²) in [4.78, 5) is 18.1. The smallest absolute Gasteiger partial charge is 0.240 e. The lowest BCUT2D eigenvalue weighted by Gasteiger charge is -2.20. The summed E-state index contributed by atoms with van der Waals surface area (Å²) in [5.74, 6) is 1.07. The third-order valence-corrected chi connectivity index (χ3v) is 7.06. The van der Waals surface area contributed by atoms with E-state index in [-0.39, 0.29) is 23.4 Å².